The normalized spacial score (nSPS) is 22.3. The van der Waals surface area contributed by atoms with Crippen molar-refractivity contribution in [2.75, 3.05) is 5.32 Å². The van der Waals surface area contributed by atoms with E-state index in [-0.39, 0.29) is 22.4 Å². The van der Waals surface area contributed by atoms with E-state index in [9.17, 15) is 17.6 Å². The van der Waals surface area contributed by atoms with Crippen LogP contribution in [0.1, 0.15) is 43.5 Å². The lowest BCUT2D eigenvalue weighted by Crippen LogP contribution is -2.43. The van der Waals surface area contributed by atoms with Crippen molar-refractivity contribution in [3.63, 3.8) is 0 Å². The van der Waals surface area contributed by atoms with Crippen LogP contribution in [0.25, 0.3) is 0 Å². The zero-order valence-corrected chi connectivity index (χ0v) is 17.9. The summed E-state index contributed by atoms with van der Waals surface area (Å²) in [5.41, 5.74) is -0.0483. The smallest absolute Gasteiger partial charge is 0.258 e. The van der Waals surface area contributed by atoms with Gasteiger partial charge < -0.3 is 5.32 Å². The van der Waals surface area contributed by atoms with Crippen molar-refractivity contribution < 1.29 is 17.6 Å². The fourth-order valence-electron chi connectivity index (χ4n) is 3.61. The molecule has 1 amide bonds. The van der Waals surface area contributed by atoms with Gasteiger partial charge in [0, 0.05) is 6.04 Å². The Labute approximate surface area is 175 Å². The van der Waals surface area contributed by atoms with Crippen molar-refractivity contribution in [2.24, 2.45) is 11.8 Å². The molecule has 1 fully saturated rings. The first-order valence-electron chi connectivity index (χ1n) is 9.57. The molecule has 1 aliphatic rings. The molecule has 2 aromatic carbocycles. The van der Waals surface area contributed by atoms with Crippen LogP contribution >= 0.6 is 11.6 Å². The van der Waals surface area contributed by atoms with E-state index in [2.05, 4.69) is 17.0 Å². The van der Waals surface area contributed by atoms with Gasteiger partial charge in [0.05, 0.1) is 21.2 Å². The van der Waals surface area contributed by atoms with E-state index in [4.69, 9.17) is 11.6 Å². The van der Waals surface area contributed by atoms with Gasteiger partial charge in [-0.25, -0.2) is 17.5 Å². The van der Waals surface area contributed by atoms with Crippen molar-refractivity contribution >= 4 is 33.2 Å². The maximum atomic E-state index is 14.3. The van der Waals surface area contributed by atoms with Crippen LogP contribution in [0.3, 0.4) is 0 Å². The van der Waals surface area contributed by atoms with E-state index in [1.165, 1.54) is 6.07 Å². The summed E-state index contributed by atoms with van der Waals surface area (Å²) in [7, 11) is -3.89. The number of halogens is 2. The van der Waals surface area contributed by atoms with Crippen LogP contribution in [-0.2, 0) is 10.0 Å². The van der Waals surface area contributed by atoms with E-state index >= 15 is 0 Å². The highest BCUT2D eigenvalue weighted by Crippen LogP contribution is 2.30. The van der Waals surface area contributed by atoms with Gasteiger partial charge in [-0.05, 0) is 48.6 Å². The molecule has 0 aromatic heterocycles. The van der Waals surface area contributed by atoms with Crippen LogP contribution in [0.5, 0.6) is 0 Å². The summed E-state index contributed by atoms with van der Waals surface area (Å²) in [5, 5.41) is 2.81. The maximum Gasteiger partial charge on any atom is 0.258 e. The van der Waals surface area contributed by atoms with Gasteiger partial charge in [0.15, 0.2) is 0 Å². The molecule has 0 heterocycles. The zero-order chi connectivity index (χ0) is 21.2. The number of para-hydroxylation sites is 1. The molecule has 3 rings (SSSR count). The monoisotopic (exact) mass is 438 g/mol. The Kier molecular flexibility index (Phi) is 6.61. The maximum absolute atomic E-state index is 14.3. The summed E-state index contributed by atoms with van der Waals surface area (Å²) >= 11 is 6.02. The Morgan fingerprint density at radius 1 is 1.14 bits per heavy atom. The first-order chi connectivity index (χ1) is 13.7. The number of rotatable bonds is 5. The summed E-state index contributed by atoms with van der Waals surface area (Å²) in [4.78, 5) is 12.4. The van der Waals surface area contributed by atoms with Gasteiger partial charge in [0.2, 0.25) is 10.0 Å². The fraction of sp³-hybridized carbons (Fsp3) is 0.381. The third kappa shape index (κ3) is 4.97. The van der Waals surface area contributed by atoms with Crippen molar-refractivity contribution in [3.8, 4) is 0 Å². The number of hydrogen-bond donors (Lipinski definition) is 2. The van der Waals surface area contributed by atoms with Crippen LogP contribution in [-0.4, -0.2) is 20.4 Å². The highest BCUT2D eigenvalue weighted by molar-refractivity contribution is 7.89. The number of hydrogen-bond acceptors (Lipinski definition) is 3. The minimum atomic E-state index is -3.89. The third-order valence-corrected chi connectivity index (χ3v) is 7.45. The molecule has 0 aliphatic heterocycles. The highest BCUT2D eigenvalue weighted by atomic mass is 35.5. The lowest BCUT2D eigenvalue weighted by molar-refractivity contribution is 0.102. The molecule has 2 aromatic rings. The zero-order valence-electron chi connectivity index (χ0n) is 16.3. The largest absolute Gasteiger partial charge is 0.321 e. The molecule has 156 valence electrons. The van der Waals surface area contributed by atoms with Crippen LogP contribution in [0.15, 0.2) is 47.4 Å². The predicted octanol–water partition coefficient (Wildman–Crippen LogP) is 4.83. The molecule has 8 heteroatoms. The Morgan fingerprint density at radius 2 is 1.86 bits per heavy atom. The second kappa shape index (κ2) is 8.81. The van der Waals surface area contributed by atoms with Crippen molar-refractivity contribution in [3.05, 3.63) is 58.9 Å². The molecule has 5 nitrogen and oxygen atoms in total. The molecule has 1 saturated carbocycles. The molecular formula is C21H24ClFN2O3S. The lowest BCUT2D eigenvalue weighted by atomic mass is 9.78. The molecule has 29 heavy (non-hydrogen) atoms. The second-order valence-electron chi connectivity index (χ2n) is 7.57. The Morgan fingerprint density at radius 3 is 2.59 bits per heavy atom. The summed E-state index contributed by atoms with van der Waals surface area (Å²) in [5.74, 6) is -0.968. The van der Waals surface area contributed by atoms with Gasteiger partial charge in [-0.3, -0.25) is 4.79 Å². The molecule has 2 N–H and O–H groups in total. The van der Waals surface area contributed by atoms with E-state index in [1.54, 1.807) is 24.3 Å². The van der Waals surface area contributed by atoms with Gasteiger partial charge in [0.25, 0.3) is 5.91 Å². The van der Waals surface area contributed by atoms with Crippen molar-refractivity contribution in [2.45, 2.75) is 44.0 Å². The highest BCUT2D eigenvalue weighted by Gasteiger charge is 2.31. The SMILES string of the molecule is C[C@H]1[C@H](C)CCC[C@@H]1NS(=O)(=O)c1ccc(F)c(C(=O)Nc2ccccc2Cl)c1. The Bertz CT molecular complexity index is 1010. The Balaban J connectivity index is 1.84. The summed E-state index contributed by atoms with van der Waals surface area (Å²) in [6.07, 6.45) is 2.78. The Hall–Kier alpha value is -1.96. The van der Waals surface area contributed by atoms with Gasteiger partial charge in [0.1, 0.15) is 5.82 Å². The van der Waals surface area contributed by atoms with Crippen LogP contribution in [0.2, 0.25) is 5.02 Å². The predicted molar refractivity (Wildman–Crippen MR) is 112 cm³/mol. The average Bonchev–Trinajstić information content (AvgIpc) is 2.67. The quantitative estimate of drug-likeness (QED) is 0.701. The number of carbonyl (C=O) groups is 1. The first kappa shape index (κ1) is 21.7. The van der Waals surface area contributed by atoms with E-state index in [0.29, 0.717) is 16.6 Å². The molecule has 0 radical (unpaired) electrons. The molecule has 0 bridgehead atoms. The summed E-state index contributed by atoms with van der Waals surface area (Å²) in [6.45, 7) is 4.14. The topological polar surface area (TPSA) is 75.3 Å². The minimum absolute atomic E-state index is 0.145. The fourth-order valence-corrected chi connectivity index (χ4v) is 5.18. The molecule has 0 unspecified atom stereocenters. The number of anilines is 1. The average molecular weight is 439 g/mol. The first-order valence-corrected chi connectivity index (χ1v) is 11.4. The van der Waals surface area contributed by atoms with E-state index < -0.39 is 21.7 Å². The van der Waals surface area contributed by atoms with Gasteiger partial charge >= 0.3 is 0 Å². The van der Waals surface area contributed by atoms with Gasteiger partial charge in [-0.15, -0.1) is 0 Å². The molecule has 0 spiro atoms. The minimum Gasteiger partial charge on any atom is -0.321 e. The van der Waals surface area contributed by atoms with Crippen LogP contribution in [0.4, 0.5) is 10.1 Å². The van der Waals surface area contributed by atoms with Crippen LogP contribution < -0.4 is 10.0 Å². The number of sulfonamides is 1. The molecule has 1 aliphatic carbocycles. The van der Waals surface area contributed by atoms with Crippen molar-refractivity contribution in [1.82, 2.24) is 4.72 Å². The molecule has 3 atom stereocenters. The number of benzene rings is 2. The van der Waals surface area contributed by atoms with E-state index in [0.717, 1.165) is 31.4 Å². The van der Waals surface area contributed by atoms with Gasteiger partial charge in [-0.1, -0.05) is 50.4 Å². The standard InChI is InChI=1S/C21H24ClFN2O3S/c1-13-6-5-9-19(14(13)2)25-29(27,28)15-10-11-18(23)16(12-15)21(26)24-20-8-4-3-7-17(20)22/h3-4,7-8,10-14,19,25H,5-6,9H2,1-2H3,(H,24,26)/t13-,14+,19+/m1/s1. The van der Waals surface area contributed by atoms with Crippen LogP contribution in [0, 0.1) is 17.7 Å². The molecular weight excluding hydrogens is 415 g/mol. The number of nitrogens with one attached hydrogen (secondary N) is 2. The third-order valence-electron chi connectivity index (χ3n) is 5.63. The van der Waals surface area contributed by atoms with E-state index in [1.807, 2.05) is 6.92 Å². The molecule has 0 saturated heterocycles. The second-order valence-corrected chi connectivity index (χ2v) is 9.69. The summed E-state index contributed by atoms with van der Waals surface area (Å²) in [6, 6.07) is 9.56. The number of amides is 1. The van der Waals surface area contributed by atoms with Gasteiger partial charge in [-0.2, -0.15) is 0 Å². The lowest BCUT2D eigenvalue weighted by Gasteiger charge is -2.34. The van der Waals surface area contributed by atoms with Crippen molar-refractivity contribution in [1.29, 1.82) is 0 Å². The number of carbonyl (C=O) groups excluding carboxylic acids is 1. The summed E-state index contributed by atoms with van der Waals surface area (Å²) < 4.78 is 42.7.